The summed E-state index contributed by atoms with van der Waals surface area (Å²) in [4.78, 5) is 0. The highest BCUT2D eigenvalue weighted by atomic mass is 16.5. The summed E-state index contributed by atoms with van der Waals surface area (Å²) in [5.74, 6) is 1.83. The van der Waals surface area contributed by atoms with Crippen LogP contribution in [0, 0.1) is 0 Å². The maximum atomic E-state index is 6.47. The molecule has 1 heterocycles. The van der Waals surface area contributed by atoms with Crippen LogP contribution in [-0.4, -0.2) is 0 Å². The average molecular weight is 535 g/mol. The molecular weight excluding hydrogens is 508 g/mol. The molecule has 7 aromatic carbocycles. The van der Waals surface area contributed by atoms with Crippen LogP contribution < -0.4 is 4.74 Å². The van der Waals surface area contributed by atoms with E-state index in [0.29, 0.717) is 0 Å². The Balaban J connectivity index is 1.26. The van der Waals surface area contributed by atoms with E-state index in [1.807, 2.05) is 0 Å². The van der Waals surface area contributed by atoms with Crippen molar-refractivity contribution in [3.8, 4) is 44.9 Å². The van der Waals surface area contributed by atoms with Crippen molar-refractivity contribution in [3.63, 3.8) is 0 Å². The molecule has 0 spiro atoms. The van der Waals surface area contributed by atoms with Crippen LogP contribution in [-0.2, 0) is 5.41 Å². The van der Waals surface area contributed by atoms with Crippen LogP contribution in [0.5, 0.6) is 11.5 Å². The van der Waals surface area contributed by atoms with E-state index in [4.69, 9.17) is 4.74 Å². The monoisotopic (exact) mass is 534 g/mol. The Bertz CT molecular complexity index is 2100. The molecule has 1 heteroatoms. The van der Waals surface area contributed by atoms with Crippen LogP contribution in [0.1, 0.15) is 22.3 Å². The van der Waals surface area contributed by atoms with Gasteiger partial charge in [-0.05, 0) is 67.6 Å². The minimum atomic E-state index is -0.392. The first-order chi connectivity index (χ1) is 20.8. The Hall–Kier alpha value is -5.40. The lowest BCUT2D eigenvalue weighted by Gasteiger charge is -2.34. The van der Waals surface area contributed by atoms with Gasteiger partial charge in [-0.3, -0.25) is 0 Å². The van der Waals surface area contributed by atoms with Crippen LogP contribution in [0.4, 0.5) is 0 Å². The number of rotatable bonds is 3. The second kappa shape index (κ2) is 8.80. The van der Waals surface area contributed by atoms with Gasteiger partial charge in [0, 0.05) is 10.9 Å². The van der Waals surface area contributed by atoms with Crippen molar-refractivity contribution in [2.24, 2.45) is 0 Å². The van der Waals surface area contributed by atoms with Crippen molar-refractivity contribution in [2.75, 3.05) is 0 Å². The summed E-state index contributed by atoms with van der Waals surface area (Å²) >= 11 is 0. The lowest BCUT2D eigenvalue weighted by molar-refractivity contribution is 0.487. The zero-order valence-corrected chi connectivity index (χ0v) is 22.9. The molecule has 0 aromatic heterocycles. The molecule has 1 aliphatic carbocycles. The predicted molar refractivity (Wildman–Crippen MR) is 172 cm³/mol. The van der Waals surface area contributed by atoms with E-state index < -0.39 is 5.41 Å². The Morgan fingerprint density at radius 1 is 0.381 bits per heavy atom. The number of hydrogen-bond donors (Lipinski definition) is 0. The lowest BCUT2D eigenvalue weighted by Crippen LogP contribution is -2.28. The molecule has 7 aromatic rings. The summed E-state index contributed by atoms with van der Waals surface area (Å²) in [6.07, 6.45) is 0. The van der Waals surface area contributed by atoms with Gasteiger partial charge in [0.1, 0.15) is 11.5 Å². The fraction of sp³-hybridized carbons (Fsp3) is 0.0244. The van der Waals surface area contributed by atoms with Gasteiger partial charge < -0.3 is 4.74 Å². The van der Waals surface area contributed by atoms with E-state index in [2.05, 4.69) is 158 Å². The highest BCUT2D eigenvalue weighted by Gasteiger charge is 2.45. The third kappa shape index (κ3) is 3.08. The molecule has 1 aliphatic heterocycles. The second-order valence-corrected chi connectivity index (χ2v) is 11.2. The maximum absolute atomic E-state index is 6.47. The maximum Gasteiger partial charge on any atom is 0.135 e. The van der Waals surface area contributed by atoms with Crippen molar-refractivity contribution in [3.05, 3.63) is 180 Å². The van der Waals surface area contributed by atoms with Crippen molar-refractivity contribution in [2.45, 2.75) is 5.41 Å². The van der Waals surface area contributed by atoms with Gasteiger partial charge in [0.15, 0.2) is 0 Å². The van der Waals surface area contributed by atoms with Gasteiger partial charge in [-0.15, -0.1) is 0 Å². The average Bonchev–Trinajstić information content (AvgIpc) is 3.36. The summed E-state index contributed by atoms with van der Waals surface area (Å²) in [6, 6.07) is 57.2. The van der Waals surface area contributed by atoms with Gasteiger partial charge in [0.2, 0.25) is 0 Å². The third-order valence-corrected chi connectivity index (χ3v) is 9.17. The number of ether oxygens (including phenoxy) is 1. The molecule has 0 atom stereocenters. The number of fused-ring (bicyclic) bond motifs is 5. The van der Waals surface area contributed by atoms with Crippen LogP contribution in [0.15, 0.2) is 158 Å². The first kappa shape index (κ1) is 23.3. The van der Waals surface area contributed by atoms with Crippen molar-refractivity contribution < 1.29 is 4.74 Å². The van der Waals surface area contributed by atoms with Gasteiger partial charge >= 0.3 is 0 Å². The quantitative estimate of drug-likeness (QED) is 0.219. The lowest BCUT2D eigenvalue weighted by atomic mass is 9.67. The van der Waals surface area contributed by atoms with Crippen LogP contribution >= 0.6 is 0 Å². The largest absolute Gasteiger partial charge is 0.456 e. The second-order valence-electron chi connectivity index (χ2n) is 11.2. The molecule has 42 heavy (non-hydrogen) atoms. The summed E-state index contributed by atoms with van der Waals surface area (Å²) in [5, 5.41) is 2.38. The van der Waals surface area contributed by atoms with Gasteiger partial charge in [-0.1, -0.05) is 146 Å². The summed E-state index contributed by atoms with van der Waals surface area (Å²) in [7, 11) is 0. The van der Waals surface area contributed by atoms with Gasteiger partial charge in [-0.25, -0.2) is 0 Å². The third-order valence-electron chi connectivity index (χ3n) is 9.17. The van der Waals surface area contributed by atoms with E-state index >= 15 is 0 Å². The molecule has 0 radical (unpaired) electrons. The van der Waals surface area contributed by atoms with Gasteiger partial charge in [0.05, 0.1) is 5.41 Å². The van der Waals surface area contributed by atoms with Crippen molar-refractivity contribution in [1.29, 1.82) is 0 Å². The molecule has 0 amide bonds. The molecule has 0 N–H and O–H groups in total. The molecule has 0 saturated carbocycles. The fourth-order valence-corrected chi connectivity index (χ4v) is 7.46. The molecule has 1 nitrogen and oxygen atoms in total. The van der Waals surface area contributed by atoms with E-state index in [-0.39, 0.29) is 0 Å². The molecule has 0 fully saturated rings. The zero-order chi connectivity index (χ0) is 27.7. The number of hydrogen-bond acceptors (Lipinski definition) is 1. The topological polar surface area (TPSA) is 9.23 Å². The van der Waals surface area contributed by atoms with Crippen molar-refractivity contribution >= 4 is 10.8 Å². The standard InChI is InChI=1S/C41H26O/c1-2-13-29(14-3-1)41(35-19-6-4-15-32(35)33-16-5-7-20-36(33)41)30-25-23-27(24-26-30)31-17-10-22-38-40(31)34-18-8-11-28-12-9-21-37(42-38)39(28)34/h1-26H. The molecule has 0 bridgehead atoms. The Kier molecular flexibility index (Phi) is 4.88. The van der Waals surface area contributed by atoms with Crippen LogP contribution in [0.3, 0.4) is 0 Å². The normalized spacial score (nSPS) is 13.6. The first-order valence-electron chi connectivity index (χ1n) is 14.5. The Morgan fingerprint density at radius 3 is 1.67 bits per heavy atom. The molecule has 0 unspecified atom stereocenters. The summed E-state index contributed by atoms with van der Waals surface area (Å²) in [5.41, 5.74) is 12.2. The molecule has 0 saturated heterocycles. The molecule has 9 rings (SSSR count). The summed E-state index contributed by atoms with van der Waals surface area (Å²) < 4.78 is 6.47. The number of benzene rings is 7. The van der Waals surface area contributed by atoms with Crippen molar-refractivity contribution in [1.82, 2.24) is 0 Å². The molecule has 2 aliphatic rings. The highest BCUT2D eigenvalue weighted by Crippen LogP contribution is 2.56. The molecular formula is C41H26O. The fourth-order valence-electron chi connectivity index (χ4n) is 7.46. The van der Waals surface area contributed by atoms with E-state index in [1.165, 1.54) is 60.8 Å². The zero-order valence-electron chi connectivity index (χ0n) is 22.9. The van der Waals surface area contributed by atoms with Gasteiger partial charge in [-0.2, -0.15) is 0 Å². The predicted octanol–water partition coefficient (Wildman–Crippen LogP) is 10.6. The van der Waals surface area contributed by atoms with Crippen LogP contribution in [0.2, 0.25) is 0 Å². The Labute approximate surface area is 245 Å². The van der Waals surface area contributed by atoms with Crippen LogP contribution in [0.25, 0.3) is 44.2 Å². The molecule has 196 valence electrons. The highest BCUT2D eigenvalue weighted by molar-refractivity contribution is 6.07. The minimum absolute atomic E-state index is 0.392. The smallest absolute Gasteiger partial charge is 0.135 e. The van der Waals surface area contributed by atoms with Gasteiger partial charge in [0.25, 0.3) is 0 Å². The first-order valence-corrected chi connectivity index (χ1v) is 14.5. The van der Waals surface area contributed by atoms with E-state index in [0.717, 1.165) is 17.1 Å². The SMILES string of the molecule is c1ccc(C2(c3ccc(-c4cccc5c4-c4cccc6cccc(c46)O5)cc3)c3ccccc3-c3ccccc32)cc1. The van der Waals surface area contributed by atoms with E-state index in [9.17, 15) is 0 Å². The Morgan fingerprint density at radius 2 is 0.929 bits per heavy atom. The van der Waals surface area contributed by atoms with E-state index in [1.54, 1.807) is 0 Å². The summed E-state index contributed by atoms with van der Waals surface area (Å²) in [6.45, 7) is 0. The minimum Gasteiger partial charge on any atom is -0.456 e.